The third-order valence-electron chi connectivity index (χ3n) is 2.32. The summed E-state index contributed by atoms with van der Waals surface area (Å²) in [6.07, 6.45) is 5.11. The Balaban J connectivity index is 1.98. The summed E-state index contributed by atoms with van der Waals surface area (Å²) in [5.74, 6) is 0. The second-order valence-corrected chi connectivity index (χ2v) is 5.56. The highest BCUT2D eigenvalue weighted by atomic mass is 79.9. The molecule has 92 valence electrons. The molecule has 2 heterocycles. The number of hydrogen-bond acceptors (Lipinski definition) is 4. The lowest BCUT2D eigenvalue weighted by atomic mass is 10.3. The van der Waals surface area contributed by atoms with E-state index in [1.165, 1.54) is 5.01 Å². The molecule has 0 aliphatic rings. The number of alkyl halides is 1. The SMILES string of the molecule is CCCc1nc(Cn2cc(CCBr)nn2)cs1. The normalized spacial score (nSPS) is 10.9. The largest absolute Gasteiger partial charge is 0.246 e. The third kappa shape index (κ3) is 3.61. The van der Waals surface area contributed by atoms with Gasteiger partial charge in [0, 0.05) is 23.3 Å². The molecule has 0 saturated heterocycles. The van der Waals surface area contributed by atoms with Crippen LogP contribution in [0.25, 0.3) is 0 Å². The lowest BCUT2D eigenvalue weighted by Crippen LogP contribution is -2.01. The Morgan fingerprint density at radius 1 is 1.35 bits per heavy atom. The van der Waals surface area contributed by atoms with Crippen LogP contribution in [0.3, 0.4) is 0 Å². The molecule has 0 bridgehead atoms. The van der Waals surface area contributed by atoms with Crippen molar-refractivity contribution >= 4 is 27.3 Å². The summed E-state index contributed by atoms with van der Waals surface area (Å²) in [6, 6.07) is 0. The van der Waals surface area contributed by atoms with E-state index < -0.39 is 0 Å². The van der Waals surface area contributed by atoms with Gasteiger partial charge in [-0.1, -0.05) is 28.1 Å². The number of rotatable bonds is 6. The molecule has 2 aromatic heterocycles. The van der Waals surface area contributed by atoms with Gasteiger partial charge in [-0.25, -0.2) is 9.67 Å². The fourth-order valence-corrected chi connectivity index (χ4v) is 2.84. The van der Waals surface area contributed by atoms with Gasteiger partial charge in [0.1, 0.15) is 0 Å². The van der Waals surface area contributed by atoms with Crippen LogP contribution in [-0.4, -0.2) is 25.3 Å². The van der Waals surface area contributed by atoms with Gasteiger partial charge in [0.05, 0.1) is 22.9 Å². The van der Waals surface area contributed by atoms with Crippen LogP contribution >= 0.6 is 27.3 Å². The molecule has 2 aromatic rings. The van der Waals surface area contributed by atoms with Crippen LogP contribution in [0.1, 0.15) is 29.7 Å². The van der Waals surface area contributed by atoms with Crippen LogP contribution in [-0.2, 0) is 19.4 Å². The van der Waals surface area contributed by atoms with Crippen molar-refractivity contribution in [2.75, 3.05) is 5.33 Å². The van der Waals surface area contributed by atoms with E-state index in [9.17, 15) is 0 Å². The highest BCUT2D eigenvalue weighted by Crippen LogP contribution is 2.12. The maximum atomic E-state index is 4.57. The Labute approximate surface area is 113 Å². The number of thiazole rings is 1. The number of aromatic nitrogens is 4. The van der Waals surface area contributed by atoms with E-state index in [1.54, 1.807) is 11.3 Å². The fraction of sp³-hybridized carbons (Fsp3) is 0.545. The van der Waals surface area contributed by atoms with E-state index in [0.29, 0.717) is 0 Å². The summed E-state index contributed by atoms with van der Waals surface area (Å²) in [7, 11) is 0. The molecular weight excluding hydrogens is 300 g/mol. The van der Waals surface area contributed by atoms with Gasteiger partial charge in [-0.2, -0.15) is 0 Å². The number of hydrogen-bond donors (Lipinski definition) is 0. The predicted octanol–water partition coefficient (Wildman–Crippen LogP) is 2.67. The third-order valence-corrected chi connectivity index (χ3v) is 3.68. The molecule has 0 spiro atoms. The van der Waals surface area contributed by atoms with Crippen molar-refractivity contribution in [2.45, 2.75) is 32.7 Å². The molecule has 0 aromatic carbocycles. The summed E-state index contributed by atoms with van der Waals surface area (Å²) in [6.45, 7) is 2.89. The van der Waals surface area contributed by atoms with Crippen molar-refractivity contribution < 1.29 is 0 Å². The quantitative estimate of drug-likeness (QED) is 0.770. The zero-order chi connectivity index (χ0) is 12.1. The highest BCUT2D eigenvalue weighted by Gasteiger charge is 2.04. The maximum Gasteiger partial charge on any atom is 0.0928 e. The van der Waals surface area contributed by atoms with Gasteiger partial charge in [-0.3, -0.25) is 0 Å². The van der Waals surface area contributed by atoms with E-state index in [4.69, 9.17) is 0 Å². The lowest BCUT2D eigenvalue weighted by molar-refractivity contribution is 0.639. The highest BCUT2D eigenvalue weighted by molar-refractivity contribution is 9.09. The minimum atomic E-state index is 0.718. The number of halogens is 1. The van der Waals surface area contributed by atoms with E-state index in [1.807, 2.05) is 10.9 Å². The summed E-state index contributed by atoms with van der Waals surface area (Å²) < 4.78 is 1.85. The Kier molecular flexibility index (Phi) is 4.67. The Morgan fingerprint density at radius 2 is 2.24 bits per heavy atom. The van der Waals surface area contributed by atoms with Crippen molar-refractivity contribution in [1.82, 2.24) is 20.0 Å². The van der Waals surface area contributed by atoms with Crippen molar-refractivity contribution in [3.63, 3.8) is 0 Å². The summed E-state index contributed by atoms with van der Waals surface area (Å²) in [5.41, 5.74) is 2.10. The predicted molar refractivity (Wildman–Crippen MR) is 72.7 cm³/mol. The maximum absolute atomic E-state index is 4.57. The molecule has 0 aliphatic carbocycles. The van der Waals surface area contributed by atoms with Gasteiger partial charge in [0.15, 0.2) is 0 Å². The fourth-order valence-electron chi connectivity index (χ4n) is 1.54. The zero-order valence-corrected chi connectivity index (χ0v) is 12.2. The van der Waals surface area contributed by atoms with Crippen LogP contribution in [0.15, 0.2) is 11.6 Å². The van der Waals surface area contributed by atoms with Crippen LogP contribution in [0, 0.1) is 0 Å². The first-order valence-electron chi connectivity index (χ1n) is 5.70. The van der Waals surface area contributed by atoms with Crippen LogP contribution in [0.5, 0.6) is 0 Å². The van der Waals surface area contributed by atoms with Gasteiger partial charge in [0.2, 0.25) is 0 Å². The lowest BCUT2D eigenvalue weighted by Gasteiger charge is -1.95. The first kappa shape index (κ1) is 12.7. The Morgan fingerprint density at radius 3 is 3.00 bits per heavy atom. The van der Waals surface area contributed by atoms with Crippen molar-refractivity contribution in [2.24, 2.45) is 0 Å². The summed E-state index contributed by atoms with van der Waals surface area (Å²) >= 11 is 5.13. The van der Waals surface area contributed by atoms with Crippen LogP contribution in [0.2, 0.25) is 0 Å². The first-order valence-corrected chi connectivity index (χ1v) is 7.70. The summed E-state index contributed by atoms with van der Waals surface area (Å²) in [4.78, 5) is 4.57. The monoisotopic (exact) mass is 314 g/mol. The second kappa shape index (κ2) is 6.26. The van der Waals surface area contributed by atoms with Gasteiger partial charge in [-0.15, -0.1) is 16.4 Å². The molecule has 0 fully saturated rings. The molecule has 6 heteroatoms. The molecule has 0 amide bonds. The van der Waals surface area contributed by atoms with E-state index in [-0.39, 0.29) is 0 Å². The van der Waals surface area contributed by atoms with Gasteiger partial charge >= 0.3 is 0 Å². The molecule has 17 heavy (non-hydrogen) atoms. The smallest absolute Gasteiger partial charge is 0.0928 e. The topological polar surface area (TPSA) is 43.6 Å². The van der Waals surface area contributed by atoms with Crippen molar-refractivity contribution in [1.29, 1.82) is 0 Å². The molecule has 0 atom stereocenters. The molecule has 0 N–H and O–H groups in total. The zero-order valence-electron chi connectivity index (χ0n) is 9.77. The number of aryl methyl sites for hydroxylation is 2. The van der Waals surface area contributed by atoms with Crippen LogP contribution in [0.4, 0.5) is 0 Å². The van der Waals surface area contributed by atoms with Gasteiger partial charge in [0.25, 0.3) is 0 Å². The minimum Gasteiger partial charge on any atom is -0.246 e. The molecule has 4 nitrogen and oxygen atoms in total. The van der Waals surface area contributed by atoms with Crippen molar-refractivity contribution in [3.05, 3.63) is 28.0 Å². The molecule has 0 saturated carbocycles. The molecule has 0 radical (unpaired) electrons. The molecule has 2 rings (SSSR count). The average molecular weight is 315 g/mol. The van der Waals surface area contributed by atoms with E-state index in [2.05, 4.69) is 43.5 Å². The Hall–Kier alpha value is -0.750. The molecular formula is C11H15BrN4S. The van der Waals surface area contributed by atoms with Gasteiger partial charge < -0.3 is 0 Å². The first-order chi connectivity index (χ1) is 8.31. The van der Waals surface area contributed by atoms with Crippen molar-refractivity contribution in [3.8, 4) is 0 Å². The van der Waals surface area contributed by atoms with E-state index in [0.717, 1.165) is 42.5 Å². The summed E-state index contributed by atoms with van der Waals surface area (Å²) in [5, 5.41) is 12.4. The molecule has 0 unspecified atom stereocenters. The van der Waals surface area contributed by atoms with Crippen LogP contribution < -0.4 is 0 Å². The molecule has 0 aliphatic heterocycles. The second-order valence-electron chi connectivity index (χ2n) is 3.83. The Bertz CT molecular complexity index is 423. The number of nitrogens with zero attached hydrogens (tertiary/aromatic N) is 4. The van der Waals surface area contributed by atoms with Gasteiger partial charge in [-0.05, 0) is 12.8 Å². The average Bonchev–Trinajstić information content (AvgIpc) is 2.91. The van der Waals surface area contributed by atoms with E-state index >= 15 is 0 Å². The standard InChI is InChI=1S/C11H15BrN4S/c1-2-3-11-13-10(8-17-11)7-16-6-9(4-5-12)14-15-16/h6,8H,2-5,7H2,1H3. The minimum absolute atomic E-state index is 0.718.